The normalized spacial score (nSPS) is 10.5. The number of amides is 1. The Morgan fingerprint density at radius 3 is 3.05 bits per heavy atom. The van der Waals surface area contributed by atoms with Crippen LogP contribution < -0.4 is 5.32 Å². The predicted octanol–water partition coefficient (Wildman–Crippen LogP) is 3.52. The van der Waals surface area contributed by atoms with Gasteiger partial charge >= 0.3 is 0 Å². The van der Waals surface area contributed by atoms with E-state index in [2.05, 4.69) is 38.4 Å². The van der Waals surface area contributed by atoms with Crippen molar-refractivity contribution < 1.29 is 9.18 Å². The Morgan fingerprint density at radius 1 is 1.53 bits per heavy atom. The zero-order chi connectivity index (χ0) is 13.8. The molecule has 0 unspecified atom stereocenters. The lowest BCUT2D eigenvalue weighted by atomic mass is 10.2. The molecular weight excluding hydrogens is 313 g/mol. The van der Waals surface area contributed by atoms with Crippen molar-refractivity contribution in [1.82, 2.24) is 10.2 Å². The van der Waals surface area contributed by atoms with Crippen molar-refractivity contribution in [3.63, 3.8) is 0 Å². The van der Waals surface area contributed by atoms with Crippen LogP contribution in [0.25, 0.3) is 0 Å². The summed E-state index contributed by atoms with van der Waals surface area (Å²) in [5.74, 6) is -0.438. The number of nitrogens with one attached hydrogen (secondary N) is 2. The lowest BCUT2D eigenvalue weighted by Crippen LogP contribution is -2.13. The van der Waals surface area contributed by atoms with Crippen molar-refractivity contribution >= 4 is 27.7 Å². The number of rotatable bonds is 4. The quantitative estimate of drug-likeness (QED) is 0.903. The molecule has 0 aliphatic carbocycles. The number of carbonyl (C=O) groups excluding carboxylic acids is 1. The highest BCUT2D eigenvalue weighted by Gasteiger charge is 2.14. The molecule has 2 N–H and O–H groups in total. The lowest BCUT2D eigenvalue weighted by molar-refractivity contribution is 0.102. The number of hydrogen-bond acceptors (Lipinski definition) is 2. The third kappa shape index (κ3) is 3.20. The van der Waals surface area contributed by atoms with Crippen molar-refractivity contribution in [3.05, 3.63) is 45.8 Å². The van der Waals surface area contributed by atoms with Gasteiger partial charge in [0.2, 0.25) is 0 Å². The number of aromatic amines is 1. The summed E-state index contributed by atoms with van der Waals surface area (Å²) >= 11 is 3.06. The molecule has 0 spiro atoms. The minimum Gasteiger partial charge on any atom is -0.305 e. The topological polar surface area (TPSA) is 57.8 Å². The first-order chi connectivity index (χ1) is 9.11. The van der Waals surface area contributed by atoms with E-state index in [-0.39, 0.29) is 10.0 Å². The van der Waals surface area contributed by atoms with Crippen LogP contribution in [0, 0.1) is 5.82 Å². The van der Waals surface area contributed by atoms with Gasteiger partial charge in [0, 0.05) is 11.8 Å². The van der Waals surface area contributed by atoms with Crippen molar-refractivity contribution in [2.24, 2.45) is 0 Å². The number of hydrogen-bond donors (Lipinski definition) is 2. The molecule has 2 aromatic rings. The van der Waals surface area contributed by atoms with Crippen LogP contribution in [0.5, 0.6) is 0 Å². The van der Waals surface area contributed by atoms with Crippen LogP contribution in [0.2, 0.25) is 0 Å². The molecule has 19 heavy (non-hydrogen) atoms. The number of aromatic nitrogens is 2. The molecule has 6 heteroatoms. The van der Waals surface area contributed by atoms with E-state index in [0.717, 1.165) is 18.5 Å². The van der Waals surface area contributed by atoms with E-state index in [1.165, 1.54) is 12.1 Å². The standard InChI is InChI=1S/C13H13BrFN3O/c1-2-4-8-7-11(18-17-8)16-13(19)9-5-3-6-10(15)12(9)14/h3,5-7H,2,4H2,1H3,(H2,16,17,18,19). The molecule has 0 aliphatic rings. The second-order valence-electron chi connectivity index (χ2n) is 4.08. The molecule has 1 aromatic heterocycles. The number of halogens is 2. The molecule has 2 rings (SSSR count). The Balaban J connectivity index is 2.14. The first kappa shape index (κ1) is 13.7. The van der Waals surface area contributed by atoms with Crippen LogP contribution >= 0.6 is 15.9 Å². The number of H-pyrrole nitrogens is 1. The van der Waals surface area contributed by atoms with Crippen LogP contribution in [-0.4, -0.2) is 16.1 Å². The molecule has 1 heterocycles. The number of carbonyl (C=O) groups is 1. The van der Waals surface area contributed by atoms with E-state index in [1.807, 2.05) is 0 Å². The zero-order valence-electron chi connectivity index (χ0n) is 10.3. The Bertz CT molecular complexity index is 597. The monoisotopic (exact) mass is 325 g/mol. The first-order valence-corrected chi connectivity index (χ1v) is 6.70. The zero-order valence-corrected chi connectivity index (χ0v) is 11.9. The van der Waals surface area contributed by atoms with E-state index in [4.69, 9.17) is 0 Å². The molecule has 0 bridgehead atoms. The highest BCUT2D eigenvalue weighted by atomic mass is 79.9. The van der Waals surface area contributed by atoms with Crippen molar-refractivity contribution in [2.45, 2.75) is 19.8 Å². The largest absolute Gasteiger partial charge is 0.305 e. The van der Waals surface area contributed by atoms with Crippen molar-refractivity contribution in [2.75, 3.05) is 5.32 Å². The Kier molecular flexibility index (Phi) is 4.31. The summed E-state index contributed by atoms with van der Waals surface area (Å²) in [4.78, 5) is 12.0. The second kappa shape index (κ2) is 5.97. The fourth-order valence-corrected chi connectivity index (χ4v) is 2.13. The maximum Gasteiger partial charge on any atom is 0.258 e. The number of benzene rings is 1. The molecule has 0 atom stereocenters. The molecule has 0 fully saturated rings. The van der Waals surface area contributed by atoms with Crippen LogP contribution in [0.1, 0.15) is 29.4 Å². The summed E-state index contributed by atoms with van der Waals surface area (Å²) in [5, 5.41) is 9.45. The van der Waals surface area contributed by atoms with Gasteiger partial charge in [-0.05, 0) is 34.5 Å². The van der Waals surface area contributed by atoms with Gasteiger partial charge in [-0.2, -0.15) is 5.10 Å². The average Bonchev–Trinajstić information content (AvgIpc) is 2.80. The molecule has 0 aliphatic heterocycles. The maximum atomic E-state index is 13.3. The first-order valence-electron chi connectivity index (χ1n) is 5.91. The van der Waals surface area contributed by atoms with Crippen LogP contribution in [0.3, 0.4) is 0 Å². The van der Waals surface area contributed by atoms with Gasteiger partial charge in [-0.25, -0.2) is 4.39 Å². The van der Waals surface area contributed by atoms with Crippen molar-refractivity contribution in [3.8, 4) is 0 Å². The van der Waals surface area contributed by atoms with Gasteiger partial charge in [0.15, 0.2) is 5.82 Å². The van der Waals surface area contributed by atoms with E-state index < -0.39 is 11.7 Å². The third-order valence-corrected chi connectivity index (χ3v) is 3.39. The highest BCUT2D eigenvalue weighted by molar-refractivity contribution is 9.10. The fraction of sp³-hybridized carbons (Fsp3) is 0.231. The summed E-state index contributed by atoms with van der Waals surface area (Å²) in [6, 6.07) is 6.09. The SMILES string of the molecule is CCCc1cc(NC(=O)c2cccc(F)c2Br)n[nH]1. The molecule has 0 radical (unpaired) electrons. The number of anilines is 1. The third-order valence-electron chi connectivity index (χ3n) is 2.59. The lowest BCUT2D eigenvalue weighted by Gasteiger charge is -2.04. The van der Waals surface area contributed by atoms with Gasteiger partial charge in [-0.15, -0.1) is 0 Å². The molecule has 100 valence electrons. The van der Waals surface area contributed by atoms with Crippen molar-refractivity contribution in [1.29, 1.82) is 0 Å². The van der Waals surface area contributed by atoms with Crippen LogP contribution in [0.4, 0.5) is 10.2 Å². The minimum atomic E-state index is -0.471. The van der Waals surface area contributed by atoms with Crippen LogP contribution in [-0.2, 0) is 6.42 Å². The van der Waals surface area contributed by atoms with E-state index in [0.29, 0.717) is 5.82 Å². The van der Waals surface area contributed by atoms with Gasteiger partial charge < -0.3 is 5.32 Å². The predicted molar refractivity (Wildman–Crippen MR) is 74.6 cm³/mol. The van der Waals surface area contributed by atoms with E-state index in [1.54, 1.807) is 12.1 Å². The fourth-order valence-electron chi connectivity index (χ4n) is 1.69. The Hall–Kier alpha value is -1.69. The average molecular weight is 326 g/mol. The maximum absolute atomic E-state index is 13.3. The van der Waals surface area contributed by atoms with Gasteiger partial charge in [0.1, 0.15) is 5.82 Å². The highest BCUT2D eigenvalue weighted by Crippen LogP contribution is 2.21. The smallest absolute Gasteiger partial charge is 0.258 e. The molecule has 1 amide bonds. The van der Waals surface area contributed by atoms with E-state index >= 15 is 0 Å². The van der Waals surface area contributed by atoms with Gasteiger partial charge in [-0.1, -0.05) is 19.4 Å². The summed E-state index contributed by atoms with van der Waals surface area (Å²) in [5.41, 5.74) is 1.19. The molecule has 4 nitrogen and oxygen atoms in total. The van der Waals surface area contributed by atoms with E-state index in [9.17, 15) is 9.18 Å². The molecule has 0 saturated carbocycles. The minimum absolute atomic E-state index is 0.150. The molecular formula is C13H13BrFN3O. The van der Waals surface area contributed by atoms with Gasteiger partial charge in [0.25, 0.3) is 5.91 Å². The molecule has 1 aromatic carbocycles. The van der Waals surface area contributed by atoms with Crippen LogP contribution in [0.15, 0.2) is 28.7 Å². The summed E-state index contributed by atoms with van der Waals surface area (Å²) < 4.78 is 13.5. The Morgan fingerprint density at radius 2 is 2.32 bits per heavy atom. The Labute approximate surface area is 118 Å². The van der Waals surface area contributed by atoms with Gasteiger partial charge in [-0.3, -0.25) is 9.89 Å². The number of aryl methyl sites for hydroxylation is 1. The van der Waals surface area contributed by atoms with Gasteiger partial charge in [0.05, 0.1) is 10.0 Å². The summed E-state index contributed by atoms with van der Waals surface area (Å²) in [7, 11) is 0. The summed E-state index contributed by atoms with van der Waals surface area (Å²) in [6.45, 7) is 2.06. The molecule has 0 saturated heterocycles. The second-order valence-corrected chi connectivity index (χ2v) is 4.88. The number of nitrogens with zero attached hydrogens (tertiary/aromatic N) is 1. The summed E-state index contributed by atoms with van der Waals surface area (Å²) in [6.07, 6.45) is 1.86.